The molecule has 0 fully saturated rings. The van der Waals surface area contributed by atoms with Crippen LogP contribution in [0.4, 0.5) is 10.1 Å². The molecule has 0 aliphatic rings. The zero-order chi connectivity index (χ0) is 26.4. The molecule has 190 valence electrons. The number of aromatic amines is 1. The zero-order valence-electron chi connectivity index (χ0n) is 20.7. The number of para-hydroxylation sites is 1. The second-order valence-electron chi connectivity index (χ2n) is 9.46. The van der Waals surface area contributed by atoms with E-state index < -0.39 is 12.0 Å². The fourth-order valence-electron chi connectivity index (χ4n) is 5.05. The molecule has 0 aliphatic heterocycles. The number of anilines is 1. The van der Waals surface area contributed by atoms with E-state index in [0.717, 1.165) is 33.1 Å². The second-order valence-corrected chi connectivity index (χ2v) is 9.46. The molecular formula is C30H26FN5O2. The lowest BCUT2D eigenvalue weighted by Gasteiger charge is -2.15. The highest BCUT2D eigenvalue weighted by Crippen LogP contribution is 2.38. The average Bonchev–Trinajstić information content (AvgIpc) is 3.47. The highest BCUT2D eigenvalue weighted by Gasteiger charge is 2.19. The van der Waals surface area contributed by atoms with Crippen molar-refractivity contribution < 1.29 is 14.3 Å². The van der Waals surface area contributed by atoms with Crippen molar-refractivity contribution in [2.75, 3.05) is 11.9 Å². The molecule has 7 nitrogen and oxygen atoms in total. The number of hydrogen-bond acceptors (Lipinski definition) is 4. The van der Waals surface area contributed by atoms with E-state index in [9.17, 15) is 14.3 Å². The van der Waals surface area contributed by atoms with Gasteiger partial charge in [0.15, 0.2) is 0 Å². The van der Waals surface area contributed by atoms with E-state index in [1.807, 2.05) is 42.5 Å². The highest BCUT2D eigenvalue weighted by atomic mass is 19.1. The van der Waals surface area contributed by atoms with Crippen LogP contribution >= 0.6 is 0 Å². The molecule has 5 N–H and O–H groups in total. The summed E-state index contributed by atoms with van der Waals surface area (Å²) in [5.74, 6) is -0.189. The Morgan fingerprint density at radius 1 is 1.08 bits per heavy atom. The third-order valence-corrected chi connectivity index (χ3v) is 6.80. The van der Waals surface area contributed by atoms with Crippen molar-refractivity contribution in [2.45, 2.75) is 19.4 Å². The van der Waals surface area contributed by atoms with Crippen molar-refractivity contribution in [2.24, 2.45) is 5.73 Å². The van der Waals surface area contributed by atoms with Gasteiger partial charge in [-0.2, -0.15) is 0 Å². The van der Waals surface area contributed by atoms with Crippen LogP contribution in [0.25, 0.3) is 49.9 Å². The van der Waals surface area contributed by atoms with Crippen LogP contribution in [0.1, 0.15) is 23.7 Å². The van der Waals surface area contributed by atoms with Crippen LogP contribution < -0.4 is 11.1 Å². The number of benzene rings is 4. The number of nitrogens with two attached hydrogens (primary N) is 1. The van der Waals surface area contributed by atoms with Crippen LogP contribution in [0, 0.1) is 5.82 Å². The van der Waals surface area contributed by atoms with E-state index >= 15 is 0 Å². The molecule has 2 aromatic heterocycles. The lowest BCUT2D eigenvalue weighted by molar-refractivity contribution is 0.100. The first-order valence-corrected chi connectivity index (χ1v) is 12.4. The Hall–Kier alpha value is -4.69. The lowest BCUT2D eigenvalue weighted by atomic mass is 10.1. The molecule has 1 amide bonds. The van der Waals surface area contributed by atoms with Crippen molar-refractivity contribution in [3.05, 3.63) is 90.2 Å². The largest absolute Gasteiger partial charge is 0.393 e. The SMILES string of the molecule is C[C@@H](O)CCNc1cc(-n2c3ccccc3c3c(-c4nc5ccc(F)cc5[nH]4)cccc32)ccc1C(N)=O. The molecule has 2 heterocycles. The summed E-state index contributed by atoms with van der Waals surface area (Å²) in [6.45, 7) is 2.21. The number of nitrogens with one attached hydrogen (secondary N) is 2. The van der Waals surface area contributed by atoms with Gasteiger partial charge in [0.25, 0.3) is 5.91 Å². The first-order chi connectivity index (χ1) is 18.4. The number of carbonyl (C=O) groups excluding carboxylic acids is 1. The summed E-state index contributed by atoms with van der Waals surface area (Å²) in [5.41, 5.74) is 11.7. The van der Waals surface area contributed by atoms with Gasteiger partial charge in [-0.3, -0.25) is 4.79 Å². The first kappa shape index (κ1) is 23.7. The van der Waals surface area contributed by atoms with Crippen LogP contribution in [-0.2, 0) is 0 Å². The summed E-state index contributed by atoms with van der Waals surface area (Å²) in [4.78, 5) is 20.2. The fraction of sp³-hybridized carbons (Fsp3) is 0.133. The minimum atomic E-state index is -0.526. The molecule has 0 saturated carbocycles. The average molecular weight is 508 g/mol. The third-order valence-electron chi connectivity index (χ3n) is 6.80. The number of fused-ring (bicyclic) bond motifs is 4. The number of aliphatic hydroxyl groups excluding tert-OH is 1. The topological polar surface area (TPSA) is 109 Å². The number of aromatic nitrogens is 3. The molecular weight excluding hydrogens is 481 g/mol. The van der Waals surface area contributed by atoms with Crippen molar-refractivity contribution in [1.82, 2.24) is 14.5 Å². The number of imidazole rings is 1. The number of nitrogens with zero attached hydrogens (tertiary/aromatic N) is 2. The summed E-state index contributed by atoms with van der Waals surface area (Å²) in [6, 6.07) is 24.2. The Bertz CT molecular complexity index is 1840. The van der Waals surface area contributed by atoms with Crippen LogP contribution in [0.3, 0.4) is 0 Å². The normalized spacial score (nSPS) is 12.4. The highest BCUT2D eigenvalue weighted by molar-refractivity contribution is 6.15. The standard InChI is InChI=1S/C30H26FN5O2/c1-17(37)13-14-33-24-16-19(10-11-20(24)29(32)38)36-26-7-3-2-5-21(26)28-22(6-4-8-27(28)36)30-34-23-12-9-18(31)15-25(23)35-30/h2-12,15-17,33,37H,13-14H2,1H3,(H2,32,38)(H,34,35)/t17-/m1/s1. The van der Waals surface area contributed by atoms with Crippen molar-refractivity contribution >= 4 is 44.4 Å². The molecule has 0 unspecified atom stereocenters. The predicted octanol–water partition coefficient (Wildman–Crippen LogP) is 5.75. The van der Waals surface area contributed by atoms with Gasteiger partial charge in [0.1, 0.15) is 11.6 Å². The molecule has 0 bridgehead atoms. The molecule has 0 saturated heterocycles. The Morgan fingerprint density at radius 2 is 1.89 bits per heavy atom. The van der Waals surface area contributed by atoms with Crippen LogP contribution in [0.2, 0.25) is 0 Å². The van der Waals surface area contributed by atoms with E-state index in [0.29, 0.717) is 41.1 Å². The van der Waals surface area contributed by atoms with E-state index in [1.165, 1.54) is 12.1 Å². The van der Waals surface area contributed by atoms with Gasteiger partial charge in [0.05, 0.1) is 33.7 Å². The van der Waals surface area contributed by atoms with E-state index in [-0.39, 0.29) is 5.82 Å². The molecule has 4 aromatic carbocycles. The van der Waals surface area contributed by atoms with Gasteiger partial charge in [-0.1, -0.05) is 30.3 Å². The maximum absolute atomic E-state index is 13.8. The third kappa shape index (κ3) is 4.05. The van der Waals surface area contributed by atoms with Gasteiger partial charge in [-0.15, -0.1) is 0 Å². The van der Waals surface area contributed by atoms with Crippen LogP contribution in [-0.4, -0.2) is 38.2 Å². The molecule has 38 heavy (non-hydrogen) atoms. The Morgan fingerprint density at radius 3 is 2.71 bits per heavy atom. The molecule has 0 spiro atoms. The summed E-state index contributed by atoms with van der Waals surface area (Å²) < 4.78 is 16.0. The number of hydrogen-bond donors (Lipinski definition) is 4. The zero-order valence-corrected chi connectivity index (χ0v) is 20.7. The quantitative estimate of drug-likeness (QED) is 0.221. The molecule has 0 radical (unpaired) electrons. The number of rotatable bonds is 7. The number of primary amides is 1. The summed E-state index contributed by atoms with van der Waals surface area (Å²) >= 11 is 0. The fourth-order valence-corrected chi connectivity index (χ4v) is 5.05. The smallest absolute Gasteiger partial charge is 0.250 e. The predicted molar refractivity (Wildman–Crippen MR) is 149 cm³/mol. The van der Waals surface area contributed by atoms with Gasteiger partial charge in [-0.05, 0) is 61.9 Å². The maximum atomic E-state index is 13.8. The monoisotopic (exact) mass is 507 g/mol. The number of halogens is 1. The van der Waals surface area contributed by atoms with Crippen molar-refractivity contribution in [1.29, 1.82) is 0 Å². The Balaban J connectivity index is 1.57. The van der Waals surface area contributed by atoms with Gasteiger partial charge < -0.3 is 25.7 Å². The number of carbonyl (C=O) groups is 1. The molecule has 0 aliphatic carbocycles. The molecule has 8 heteroatoms. The first-order valence-electron chi connectivity index (χ1n) is 12.4. The number of amides is 1. The van der Waals surface area contributed by atoms with Crippen molar-refractivity contribution in [3.63, 3.8) is 0 Å². The van der Waals surface area contributed by atoms with Gasteiger partial charge in [0, 0.05) is 34.3 Å². The number of H-pyrrole nitrogens is 1. The summed E-state index contributed by atoms with van der Waals surface area (Å²) in [7, 11) is 0. The second kappa shape index (κ2) is 9.32. The number of aliphatic hydroxyl groups is 1. The lowest BCUT2D eigenvalue weighted by Crippen LogP contribution is -2.17. The molecule has 1 atom stereocenters. The van der Waals surface area contributed by atoms with Crippen LogP contribution in [0.5, 0.6) is 0 Å². The van der Waals surface area contributed by atoms with E-state index in [4.69, 9.17) is 10.7 Å². The van der Waals surface area contributed by atoms with Crippen molar-refractivity contribution in [3.8, 4) is 17.1 Å². The van der Waals surface area contributed by atoms with Crippen LogP contribution in [0.15, 0.2) is 78.9 Å². The maximum Gasteiger partial charge on any atom is 0.250 e. The summed E-state index contributed by atoms with van der Waals surface area (Å²) in [6.07, 6.45) is 0.0657. The van der Waals surface area contributed by atoms with Gasteiger partial charge in [0.2, 0.25) is 0 Å². The van der Waals surface area contributed by atoms with E-state index in [2.05, 4.69) is 27.0 Å². The van der Waals surface area contributed by atoms with Gasteiger partial charge in [-0.25, -0.2) is 9.37 Å². The minimum Gasteiger partial charge on any atom is -0.393 e. The Kier molecular flexibility index (Phi) is 5.81. The Labute approximate surface area is 217 Å². The minimum absolute atomic E-state index is 0.320. The molecule has 6 aromatic rings. The van der Waals surface area contributed by atoms with Gasteiger partial charge >= 0.3 is 0 Å². The molecule has 6 rings (SSSR count). The summed E-state index contributed by atoms with van der Waals surface area (Å²) in [5, 5.41) is 15.0. The van der Waals surface area contributed by atoms with E-state index in [1.54, 1.807) is 19.1 Å².